The lowest BCUT2D eigenvalue weighted by atomic mass is 9.95. The number of alkyl carbamates (subject to hydrolysis) is 1. The number of hydrogen-bond acceptors (Lipinski definition) is 6. The van der Waals surface area contributed by atoms with Crippen molar-refractivity contribution < 1.29 is 19.4 Å². The fourth-order valence-corrected chi connectivity index (χ4v) is 3.55. The minimum atomic E-state index is -0.955. The second-order valence-corrected chi connectivity index (χ2v) is 7.57. The highest BCUT2D eigenvalue weighted by molar-refractivity contribution is 7.17. The number of aromatic nitrogens is 1. The molecular formula is C15H23N3O4S. The number of carbonyl (C=O) groups is 2. The molecule has 23 heavy (non-hydrogen) atoms. The Morgan fingerprint density at radius 1 is 1.48 bits per heavy atom. The van der Waals surface area contributed by atoms with Crippen molar-refractivity contribution in [1.82, 2.24) is 10.3 Å². The van der Waals surface area contributed by atoms with Crippen LogP contribution in [0.3, 0.4) is 0 Å². The van der Waals surface area contributed by atoms with E-state index in [2.05, 4.69) is 10.3 Å². The van der Waals surface area contributed by atoms with Gasteiger partial charge in [0.25, 0.3) is 0 Å². The Bertz CT molecular complexity index is 608. The van der Waals surface area contributed by atoms with Crippen LogP contribution in [-0.4, -0.2) is 46.4 Å². The fraction of sp³-hybridized carbons (Fsp3) is 0.667. The molecule has 2 heterocycles. The number of nitrogens with zero attached hydrogens (tertiary/aromatic N) is 2. The maximum atomic E-state index is 11.9. The lowest BCUT2D eigenvalue weighted by Crippen LogP contribution is -2.67. The molecule has 2 rings (SSSR count). The molecule has 1 aliphatic rings. The Kier molecular flexibility index (Phi) is 4.84. The summed E-state index contributed by atoms with van der Waals surface area (Å²) in [6, 6.07) is 0.0713. The van der Waals surface area contributed by atoms with E-state index in [4.69, 9.17) is 9.84 Å². The van der Waals surface area contributed by atoms with Crippen molar-refractivity contribution in [3.63, 3.8) is 0 Å². The number of thiazole rings is 1. The third kappa shape index (κ3) is 3.93. The first-order valence-corrected chi connectivity index (χ1v) is 8.41. The maximum absolute atomic E-state index is 11.9. The highest BCUT2D eigenvalue weighted by atomic mass is 32.1. The standard InChI is InChI=1S/C15H23N3O4S/c1-6-10-9(17-14(21)22-15(3,4)5)7-18(10)13-16-8(2)11(23-13)12(19)20/h9-10H,6-7H2,1-5H3,(H,17,21)(H,19,20)/t9-,10-/m0/s1. The van der Waals surface area contributed by atoms with E-state index in [-0.39, 0.29) is 17.0 Å². The molecule has 0 saturated carbocycles. The van der Waals surface area contributed by atoms with Gasteiger partial charge in [0.15, 0.2) is 5.13 Å². The van der Waals surface area contributed by atoms with Crippen molar-refractivity contribution in [1.29, 1.82) is 0 Å². The van der Waals surface area contributed by atoms with Crippen molar-refractivity contribution in [2.75, 3.05) is 11.4 Å². The number of aromatic carboxylic acids is 1. The number of anilines is 1. The Morgan fingerprint density at radius 3 is 2.61 bits per heavy atom. The van der Waals surface area contributed by atoms with E-state index in [0.717, 1.165) is 6.42 Å². The van der Waals surface area contributed by atoms with Crippen molar-refractivity contribution >= 4 is 28.5 Å². The molecule has 0 bridgehead atoms. The number of carboxylic acids is 1. The highest BCUT2D eigenvalue weighted by Gasteiger charge is 2.41. The molecule has 2 N–H and O–H groups in total. The van der Waals surface area contributed by atoms with E-state index in [0.29, 0.717) is 17.4 Å². The number of rotatable bonds is 4. The minimum Gasteiger partial charge on any atom is -0.477 e. The molecule has 0 aliphatic carbocycles. The molecule has 1 saturated heterocycles. The summed E-state index contributed by atoms with van der Waals surface area (Å²) in [4.78, 5) is 29.6. The number of ether oxygens (including phenoxy) is 1. The van der Waals surface area contributed by atoms with Crippen LogP contribution in [0.5, 0.6) is 0 Å². The SMILES string of the molecule is CC[C@H]1[C@@H](NC(=O)OC(C)(C)C)CN1c1nc(C)c(C(=O)O)s1. The van der Waals surface area contributed by atoms with Crippen LogP contribution < -0.4 is 10.2 Å². The summed E-state index contributed by atoms with van der Waals surface area (Å²) < 4.78 is 5.27. The number of amides is 1. The predicted octanol–water partition coefficient (Wildman–Crippen LogP) is 2.64. The molecule has 2 atom stereocenters. The first-order chi connectivity index (χ1) is 10.6. The van der Waals surface area contributed by atoms with Gasteiger partial charge in [0.1, 0.15) is 10.5 Å². The lowest BCUT2D eigenvalue weighted by molar-refractivity contribution is 0.0477. The third-order valence-electron chi connectivity index (χ3n) is 3.60. The Hall–Kier alpha value is -1.83. The van der Waals surface area contributed by atoms with Crippen LogP contribution in [-0.2, 0) is 4.74 Å². The first-order valence-electron chi connectivity index (χ1n) is 7.59. The molecule has 1 amide bonds. The maximum Gasteiger partial charge on any atom is 0.408 e. The average Bonchev–Trinajstić information content (AvgIpc) is 2.74. The van der Waals surface area contributed by atoms with E-state index in [1.54, 1.807) is 6.92 Å². The van der Waals surface area contributed by atoms with Crippen molar-refractivity contribution in [2.45, 2.75) is 58.7 Å². The molecule has 1 aromatic rings. The van der Waals surface area contributed by atoms with Gasteiger partial charge >= 0.3 is 12.1 Å². The summed E-state index contributed by atoms with van der Waals surface area (Å²) in [6.45, 7) is 9.79. The number of carbonyl (C=O) groups excluding carboxylic acids is 1. The summed E-state index contributed by atoms with van der Waals surface area (Å²) in [5.41, 5.74) is -0.00574. The van der Waals surface area contributed by atoms with Gasteiger partial charge in [-0.15, -0.1) is 0 Å². The molecule has 8 heteroatoms. The van der Waals surface area contributed by atoms with Crippen LogP contribution in [0.15, 0.2) is 0 Å². The average molecular weight is 341 g/mol. The van der Waals surface area contributed by atoms with Gasteiger partial charge < -0.3 is 20.1 Å². The van der Waals surface area contributed by atoms with Gasteiger partial charge in [0, 0.05) is 6.54 Å². The van der Waals surface area contributed by atoms with Crippen molar-refractivity contribution in [2.24, 2.45) is 0 Å². The zero-order valence-corrected chi connectivity index (χ0v) is 14.9. The monoisotopic (exact) mass is 341 g/mol. The van der Waals surface area contributed by atoms with Gasteiger partial charge in [-0.2, -0.15) is 0 Å². The number of carboxylic acid groups (broad SMARTS) is 1. The Morgan fingerprint density at radius 2 is 2.13 bits per heavy atom. The summed E-state index contributed by atoms with van der Waals surface area (Å²) >= 11 is 1.17. The first kappa shape index (κ1) is 17.5. The number of aryl methyl sites for hydroxylation is 1. The van der Waals surface area contributed by atoms with Crippen LogP contribution in [0, 0.1) is 6.92 Å². The fourth-order valence-electron chi connectivity index (χ4n) is 2.58. The molecule has 0 unspecified atom stereocenters. The van der Waals surface area contributed by atoms with Crippen LogP contribution in [0.25, 0.3) is 0 Å². The Labute approximate surface area is 139 Å². The molecule has 0 radical (unpaired) electrons. The van der Waals surface area contributed by atoms with Crippen molar-refractivity contribution in [3.05, 3.63) is 10.6 Å². The van der Waals surface area contributed by atoms with Gasteiger partial charge in [-0.05, 0) is 34.1 Å². The molecular weight excluding hydrogens is 318 g/mol. The zero-order chi connectivity index (χ0) is 17.4. The van der Waals surface area contributed by atoms with E-state index in [1.165, 1.54) is 11.3 Å². The Balaban J connectivity index is 2.01. The molecule has 7 nitrogen and oxygen atoms in total. The number of hydrogen-bond donors (Lipinski definition) is 2. The normalized spacial score (nSPS) is 20.8. The number of nitrogens with one attached hydrogen (secondary N) is 1. The lowest BCUT2D eigenvalue weighted by Gasteiger charge is -2.47. The van der Waals surface area contributed by atoms with E-state index < -0.39 is 17.7 Å². The molecule has 1 aromatic heterocycles. The molecule has 0 aromatic carbocycles. The molecule has 128 valence electrons. The molecule has 1 aliphatic heterocycles. The highest BCUT2D eigenvalue weighted by Crippen LogP contribution is 2.34. The van der Waals surface area contributed by atoms with Gasteiger partial charge in [-0.25, -0.2) is 14.6 Å². The van der Waals surface area contributed by atoms with Crippen LogP contribution in [0.4, 0.5) is 9.93 Å². The molecule has 0 spiro atoms. The molecule has 1 fully saturated rings. The third-order valence-corrected chi connectivity index (χ3v) is 4.79. The van der Waals surface area contributed by atoms with Gasteiger partial charge in [-0.3, -0.25) is 0 Å². The van der Waals surface area contributed by atoms with E-state index >= 15 is 0 Å². The predicted molar refractivity (Wildman–Crippen MR) is 88.4 cm³/mol. The topological polar surface area (TPSA) is 91.8 Å². The summed E-state index contributed by atoms with van der Waals surface area (Å²) in [5.74, 6) is -0.955. The zero-order valence-electron chi connectivity index (χ0n) is 14.0. The van der Waals surface area contributed by atoms with Crippen LogP contribution >= 0.6 is 11.3 Å². The van der Waals surface area contributed by atoms with E-state index in [9.17, 15) is 9.59 Å². The smallest absolute Gasteiger partial charge is 0.408 e. The minimum absolute atomic E-state index is 0.0210. The second kappa shape index (κ2) is 6.35. The summed E-state index contributed by atoms with van der Waals surface area (Å²) in [6.07, 6.45) is 0.392. The quantitative estimate of drug-likeness (QED) is 0.875. The van der Waals surface area contributed by atoms with Gasteiger partial charge in [-0.1, -0.05) is 18.3 Å². The van der Waals surface area contributed by atoms with E-state index in [1.807, 2.05) is 32.6 Å². The second-order valence-electron chi connectivity index (χ2n) is 6.60. The summed E-state index contributed by atoms with van der Waals surface area (Å²) in [5, 5.41) is 12.7. The van der Waals surface area contributed by atoms with Gasteiger partial charge in [0.05, 0.1) is 17.8 Å². The van der Waals surface area contributed by atoms with Crippen LogP contribution in [0.1, 0.15) is 49.5 Å². The summed E-state index contributed by atoms with van der Waals surface area (Å²) in [7, 11) is 0. The van der Waals surface area contributed by atoms with Crippen LogP contribution in [0.2, 0.25) is 0 Å². The van der Waals surface area contributed by atoms with Gasteiger partial charge in [0.2, 0.25) is 0 Å². The van der Waals surface area contributed by atoms with Crippen molar-refractivity contribution in [3.8, 4) is 0 Å². The largest absolute Gasteiger partial charge is 0.477 e.